The van der Waals surface area contributed by atoms with Gasteiger partial charge in [-0.3, -0.25) is 9.80 Å². The van der Waals surface area contributed by atoms with Crippen molar-refractivity contribution in [1.82, 2.24) is 10.0 Å². The van der Waals surface area contributed by atoms with Gasteiger partial charge in [0.1, 0.15) is 0 Å². The summed E-state index contributed by atoms with van der Waals surface area (Å²) >= 11 is 0. The second-order valence-corrected chi connectivity index (χ2v) is 7.82. The van der Waals surface area contributed by atoms with Gasteiger partial charge in [0.2, 0.25) is 5.91 Å². The maximum absolute atomic E-state index is 12.3. The minimum atomic E-state index is -0.929. The number of amides is 1. The molecule has 28 heavy (non-hydrogen) atoms. The molecule has 2 unspecified atom stereocenters. The summed E-state index contributed by atoms with van der Waals surface area (Å²) < 4.78 is 0. The lowest BCUT2D eigenvalue weighted by Crippen LogP contribution is -2.41. The highest BCUT2D eigenvalue weighted by molar-refractivity contribution is 5.87. The van der Waals surface area contributed by atoms with Crippen molar-refractivity contribution in [2.45, 2.75) is 52.4 Å². The van der Waals surface area contributed by atoms with E-state index in [-0.39, 0.29) is 18.1 Å². The van der Waals surface area contributed by atoms with Crippen LogP contribution in [0.15, 0.2) is 24.3 Å². The highest BCUT2D eigenvalue weighted by atomic mass is 16.4. The van der Waals surface area contributed by atoms with E-state index in [0.717, 1.165) is 44.3 Å². The van der Waals surface area contributed by atoms with E-state index in [4.69, 9.17) is 5.11 Å². The van der Waals surface area contributed by atoms with Gasteiger partial charge in [0.05, 0.1) is 5.56 Å². The molecule has 2 N–H and O–H groups in total. The van der Waals surface area contributed by atoms with E-state index in [0.29, 0.717) is 31.2 Å². The predicted molar refractivity (Wildman–Crippen MR) is 109 cm³/mol. The summed E-state index contributed by atoms with van der Waals surface area (Å²) in [7, 11) is 0. The molecule has 2 atom stereocenters. The molecule has 1 saturated heterocycles. The third kappa shape index (κ3) is 6.31. The predicted octanol–water partition coefficient (Wildman–Crippen LogP) is 3.20. The molecular formula is C22H34N2O4. The zero-order chi connectivity index (χ0) is 20.5. The molecule has 0 radical (unpaired) electrons. The molecule has 1 heterocycles. The molecule has 156 valence electrons. The topological polar surface area (TPSA) is 81.1 Å². The molecule has 1 aliphatic heterocycles. The Labute approximate surface area is 168 Å². The fourth-order valence-electron chi connectivity index (χ4n) is 3.96. The Bertz CT molecular complexity index is 632. The van der Waals surface area contributed by atoms with Gasteiger partial charge in [-0.2, -0.15) is 0 Å². The highest BCUT2D eigenvalue weighted by Gasteiger charge is 2.28. The summed E-state index contributed by atoms with van der Waals surface area (Å²) in [5.41, 5.74) is 1.30. The average molecular weight is 391 g/mol. The van der Waals surface area contributed by atoms with Crippen LogP contribution in [0.1, 0.15) is 61.9 Å². The standard InChI is InChI=1S/C22H34N2O4/c1-3-5-17(2)20(16-25)6-4-13-23-14-12-21(26)24(23)15-11-18-7-9-19(10-8-18)22(27)28/h7-10,17,20,25H,3-6,11-16H2,1-2H3,(H,27,28). The largest absolute Gasteiger partial charge is 0.478 e. The van der Waals surface area contributed by atoms with Crippen molar-refractivity contribution in [3.8, 4) is 0 Å². The number of carbonyl (C=O) groups excluding carboxylic acids is 1. The first-order chi connectivity index (χ1) is 13.5. The van der Waals surface area contributed by atoms with Gasteiger partial charge in [-0.05, 0) is 48.8 Å². The van der Waals surface area contributed by atoms with Crippen molar-refractivity contribution in [2.75, 3.05) is 26.2 Å². The number of carbonyl (C=O) groups is 2. The van der Waals surface area contributed by atoms with Crippen LogP contribution in [-0.4, -0.2) is 58.3 Å². The van der Waals surface area contributed by atoms with E-state index in [1.807, 2.05) is 17.1 Å². The molecule has 0 saturated carbocycles. The zero-order valence-corrected chi connectivity index (χ0v) is 17.1. The Kier molecular flexibility index (Phi) is 8.93. The smallest absolute Gasteiger partial charge is 0.335 e. The number of hydrogen-bond donors (Lipinski definition) is 2. The van der Waals surface area contributed by atoms with Crippen LogP contribution in [0.25, 0.3) is 0 Å². The highest BCUT2D eigenvalue weighted by Crippen LogP contribution is 2.23. The molecule has 2 rings (SSSR count). The minimum Gasteiger partial charge on any atom is -0.478 e. The van der Waals surface area contributed by atoms with Crippen LogP contribution < -0.4 is 0 Å². The second-order valence-electron chi connectivity index (χ2n) is 7.82. The van der Waals surface area contributed by atoms with Gasteiger partial charge in [0, 0.05) is 32.7 Å². The molecule has 1 aliphatic rings. The number of hydrogen-bond acceptors (Lipinski definition) is 4. The molecule has 0 bridgehead atoms. The first-order valence-electron chi connectivity index (χ1n) is 10.4. The van der Waals surface area contributed by atoms with Gasteiger partial charge in [-0.1, -0.05) is 38.8 Å². The number of carboxylic acid groups (broad SMARTS) is 1. The SMILES string of the molecule is CCCC(C)C(CO)CCCN1CCC(=O)N1CCc1ccc(C(=O)O)cc1. The Morgan fingerprint density at radius 3 is 2.50 bits per heavy atom. The third-order valence-corrected chi connectivity index (χ3v) is 5.80. The number of hydrazine groups is 1. The van der Waals surface area contributed by atoms with Crippen molar-refractivity contribution in [2.24, 2.45) is 11.8 Å². The first-order valence-corrected chi connectivity index (χ1v) is 10.4. The molecule has 6 heteroatoms. The van der Waals surface area contributed by atoms with Crippen molar-refractivity contribution in [1.29, 1.82) is 0 Å². The Morgan fingerprint density at radius 2 is 1.89 bits per heavy atom. The number of aliphatic hydroxyl groups excluding tert-OH is 1. The van der Waals surface area contributed by atoms with E-state index < -0.39 is 5.97 Å². The Morgan fingerprint density at radius 1 is 1.18 bits per heavy atom. The van der Waals surface area contributed by atoms with Gasteiger partial charge < -0.3 is 10.2 Å². The Balaban J connectivity index is 1.82. The maximum Gasteiger partial charge on any atom is 0.335 e. The second kappa shape index (κ2) is 11.2. The molecular weight excluding hydrogens is 356 g/mol. The molecule has 0 aromatic heterocycles. The summed E-state index contributed by atoms with van der Waals surface area (Å²) in [5, 5.41) is 22.6. The summed E-state index contributed by atoms with van der Waals surface area (Å²) in [4.78, 5) is 23.2. The maximum atomic E-state index is 12.3. The number of aliphatic hydroxyl groups is 1. The normalized spacial score (nSPS) is 17.1. The third-order valence-electron chi connectivity index (χ3n) is 5.80. The van der Waals surface area contributed by atoms with E-state index in [1.54, 1.807) is 12.1 Å². The van der Waals surface area contributed by atoms with Crippen LogP contribution in [0, 0.1) is 11.8 Å². The van der Waals surface area contributed by atoms with Gasteiger partial charge in [0.25, 0.3) is 0 Å². The lowest BCUT2D eigenvalue weighted by Gasteiger charge is -2.29. The number of aromatic carboxylic acids is 1. The fourth-order valence-corrected chi connectivity index (χ4v) is 3.96. The van der Waals surface area contributed by atoms with Crippen LogP contribution in [0.2, 0.25) is 0 Å². The summed E-state index contributed by atoms with van der Waals surface area (Å²) in [5.74, 6) is 0.0849. The molecule has 1 fully saturated rings. The van der Waals surface area contributed by atoms with Gasteiger partial charge >= 0.3 is 5.97 Å². The van der Waals surface area contributed by atoms with Crippen molar-refractivity contribution in [3.05, 3.63) is 35.4 Å². The van der Waals surface area contributed by atoms with E-state index in [9.17, 15) is 14.7 Å². The summed E-state index contributed by atoms with van der Waals surface area (Å²) in [6, 6.07) is 6.84. The van der Waals surface area contributed by atoms with E-state index in [2.05, 4.69) is 18.9 Å². The molecule has 0 spiro atoms. The summed E-state index contributed by atoms with van der Waals surface area (Å²) in [6.07, 6.45) is 5.48. The quantitative estimate of drug-likeness (QED) is 0.573. The van der Waals surface area contributed by atoms with Crippen LogP contribution in [0.4, 0.5) is 0 Å². The molecule has 1 aromatic carbocycles. The number of benzene rings is 1. The lowest BCUT2D eigenvalue weighted by molar-refractivity contribution is -0.138. The number of nitrogens with zero attached hydrogens (tertiary/aromatic N) is 2. The van der Waals surface area contributed by atoms with Crippen LogP contribution in [-0.2, 0) is 11.2 Å². The Hall–Kier alpha value is -1.92. The first kappa shape index (κ1) is 22.4. The molecule has 6 nitrogen and oxygen atoms in total. The van der Waals surface area contributed by atoms with Crippen LogP contribution in [0.3, 0.4) is 0 Å². The number of carboxylic acids is 1. The van der Waals surface area contributed by atoms with Crippen molar-refractivity contribution >= 4 is 11.9 Å². The molecule has 1 amide bonds. The number of rotatable bonds is 12. The zero-order valence-electron chi connectivity index (χ0n) is 17.1. The average Bonchev–Trinajstić information content (AvgIpc) is 3.03. The molecule has 1 aromatic rings. The van der Waals surface area contributed by atoms with Gasteiger partial charge in [0.15, 0.2) is 0 Å². The van der Waals surface area contributed by atoms with Crippen LogP contribution >= 0.6 is 0 Å². The van der Waals surface area contributed by atoms with E-state index >= 15 is 0 Å². The van der Waals surface area contributed by atoms with Gasteiger partial charge in [-0.25, -0.2) is 9.80 Å². The summed E-state index contributed by atoms with van der Waals surface area (Å²) in [6.45, 7) is 6.82. The van der Waals surface area contributed by atoms with E-state index in [1.165, 1.54) is 0 Å². The monoisotopic (exact) mass is 390 g/mol. The van der Waals surface area contributed by atoms with Crippen LogP contribution in [0.5, 0.6) is 0 Å². The molecule has 0 aliphatic carbocycles. The van der Waals surface area contributed by atoms with Crippen molar-refractivity contribution < 1.29 is 19.8 Å². The van der Waals surface area contributed by atoms with Gasteiger partial charge in [-0.15, -0.1) is 0 Å². The lowest BCUT2D eigenvalue weighted by atomic mass is 9.87. The minimum absolute atomic E-state index is 0.153. The fraction of sp³-hybridized carbons (Fsp3) is 0.636. The van der Waals surface area contributed by atoms with Crippen molar-refractivity contribution in [3.63, 3.8) is 0 Å².